The average Bonchev–Trinajstić information content (AvgIpc) is 2.92. The monoisotopic (exact) mass is 434 g/mol. The van der Waals surface area contributed by atoms with Crippen LogP contribution in [0.3, 0.4) is 0 Å². The van der Waals surface area contributed by atoms with E-state index in [0.29, 0.717) is 5.88 Å². The van der Waals surface area contributed by atoms with Crippen molar-refractivity contribution in [1.29, 1.82) is 0 Å². The van der Waals surface area contributed by atoms with Gasteiger partial charge in [0.25, 0.3) is 0 Å². The quantitative estimate of drug-likeness (QED) is 0.499. The van der Waals surface area contributed by atoms with Gasteiger partial charge >= 0.3 is 18.0 Å². The minimum absolute atomic E-state index is 0.275. The first kappa shape index (κ1) is 23.2. The predicted octanol–water partition coefficient (Wildman–Crippen LogP) is 2.55. The van der Waals surface area contributed by atoms with E-state index in [0.717, 1.165) is 38.5 Å². The number of nitrogens with zero attached hydrogens (tertiary/aromatic N) is 1. The summed E-state index contributed by atoms with van der Waals surface area (Å²) in [4.78, 5) is 35.2. The summed E-state index contributed by atoms with van der Waals surface area (Å²) in [7, 11) is 0. The number of aliphatic carboxylic acids is 2. The van der Waals surface area contributed by atoms with E-state index in [9.17, 15) is 19.5 Å². The topological polar surface area (TPSA) is 130 Å². The number of hydrogen-bond donors (Lipinski definition) is 4. The SMILES string of the molecule is CC(C)(C)OC(=O)N1CSC2(CCC2)[C@H]1C(=O)O.N[C@H](C(=O)O)C1(S)CCC1. The summed E-state index contributed by atoms with van der Waals surface area (Å²) in [6.07, 6.45) is 4.95. The number of rotatable bonds is 3. The Morgan fingerprint density at radius 3 is 2.00 bits per heavy atom. The summed E-state index contributed by atoms with van der Waals surface area (Å²) in [5.74, 6) is -1.47. The van der Waals surface area contributed by atoms with Crippen molar-refractivity contribution >= 4 is 42.4 Å². The molecule has 4 N–H and O–H groups in total. The van der Waals surface area contributed by atoms with Crippen molar-refractivity contribution in [2.45, 2.75) is 86.5 Å². The number of thiol groups is 1. The van der Waals surface area contributed by atoms with Gasteiger partial charge in [-0.25, -0.2) is 9.59 Å². The molecule has 10 heteroatoms. The molecule has 1 spiro atoms. The fourth-order valence-electron chi connectivity index (χ4n) is 3.50. The highest BCUT2D eigenvalue weighted by atomic mass is 32.2. The van der Waals surface area contributed by atoms with Crippen molar-refractivity contribution in [1.82, 2.24) is 4.90 Å². The fraction of sp³-hybridized carbons (Fsp3) is 0.833. The van der Waals surface area contributed by atoms with Crippen LogP contribution in [-0.4, -0.2) is 66.2 Å². The lowest BCUT2D eigenvalue weighted by Gasteiger charge is -2.41. The predicted molar refractivity (Wildman–Crippen MR) is 110 cm³/mol. The molecule has 1 heterocycles. The van der Waals surface area contributed by atoms with Gasteiger partial charge in [-0.1, -0.05) is 12.8 Å². The molecule has 28 heavy (non-hydrogen) atoms. The number of carbonyl (C=O) groups excluding carboxylic acids is 1. The molecule has 160 valence electrons. The standard InChI is InChI=1S/C12H19NO4S.C6H11NO2S/c1-11(2,3)17-10(16)13-7-18-12(5-4-6-12)8(13)9(14)15;7-4(5(8)9)6(10)2-1-3-6/h8H,4-7H2,1-3H3,(H,14,15);4,10H,1-3,7H2,(H,8,9)/t8-;4-/m11/s1. The molecule has 1 aliphatic heterocycles. The van der Waals surface area contributed by atoms with Gasteiger partial charge in [-0.3, -0.25) is 9.69 Å². The maximum atomic E-state index is 12.0. The van der Waals surface area contributed by atoms with Gasteiger partial charge in [0.15, 0.2) is 0 Å². The summed E-state index contributed by atoms with van der Waals surface area (Å²) < 4.78 is 4.57. The molecule has 1 saturated heterocycles. The zero-order valence-electron chi connectivity index (χ0n) is 16.5. The maximum Gasteiger partial charge on any atom is 0.411 e. The van der Waals surface area contributed by atoms with Gasteiger partial charge in [-0.2, -0.15) is 12.6 Å². The van der Waals surface area contributed by atoms with Crippen molar-refractivity contribution in [2.24, 2.45) is 5.73 Å². The van der Waals surface area contributed by atoms with E-state index < -0.39 is 40.5 Å². The Morgan fingerprint density at radius 2 is 1.71 bits per heavy atom. The van der Waals surface area contributed by atoms with Gasteiger partial charge in [0.05, 0.1) is 5.88 Å². The normalized spacial score (nSPS) is 25.6. The minimum atomic E-state index is -0.949. The molecule has 0 aromatic heterocycles. The Bertz CT molecular complexity index is 628. The summed E-state index contributed by atoms with van der Waals surface area (Å²) in [6, 6.07) is -1.55. The molecule has 0 radical (unpaired) electrons. The molecule has 0 aromatic carbocycles. The highest BCUT2D eigenvalue weighted by Crippen LogP contribution is 2.53. The summed E-state index contributed by atoms with van der Waals surface area (Å²) >= 11 is 5.78. The average molecular weight is 435 g/mol. The van der Waals surface area contributed by atoms with Crippen LogP contribution in [0.25, 0.3) is 0 Å². The molecular formula is C18H30N2O6S2. The molecule has 0 bridgehead atoms. The Labute approximate surface area is 174 Å². The van der Waals surface area contributed by atoms with Crippen LogP contribution in [0, 0.1) is 0 Å². The number of nitrogens with two attached hydrogens (primary N) is 1. The summed E-state index contributed by atoms with van der Waals surface area (Å²) in [6.45, 7) is 5.34. The molecule has 3 aliphatic rings. The van der Waals surface area contributed by atoms with E-state index >= 15 is 0 Å². The number of amides is 1. The number of ether oxygens (including phenoxy) is 1. The number of hydrogen-bond acceptors (Lipinski definition) is 7. The van der Waals surface area contributed by atoms with E-state index in [4.69, 9.17) is 15.6 Å². The van der Waals surface area contributed by atoms with Crippen LogP contribution in [-0.2, 0) is 14.3 Å². The zero-order chi connectivity index (χ0) is 21.3. The van der Waals surface area contributed by atoms with Gasteiger partial charge < -0.3 is 20.7 Å². The van der Waals surface area contributed by atoms with Crippen molar-refractivity contribution < 1.29 is 29.3 Å². The highest BCUT2D eigenvalue weighted by Gasteiger charge is 2.57. The van der Waals surface area contributed by atoms with Crippen molar-refractivity contribution in [2.75, 3.05) is 5.88 Å². The van der Waals surface area contributed by atoms with E-state index in [1.54, 1.807) is 32.5 Å². The van der Waals surface area contributed by atoms with Crippen molar-refractivity contribution in [3.05, 3.63) is 0 Å². The van der Waals surface area contributed by atoms with Gasteiger partial charge in [-0.15, -0.1) is 11.8 Å². The molecule has 3 rings (SSSR count). The Balaban J connectivity index is 0.000000237. The van der Waals surface area contributed by atoms with Crippen LogP contribution >= 0.6 is 24.4 Å². The second kappa shape index (κ2) is 8.31. The first-order valence-corrected chi connectivity index (χ1v) is 10.8. The largest absolute Gasteiger partial charge is 0.480 e. The first-order valence-electron chi connectivity index (χ1n) is 9.38. The second-order valence-corrected chi connectivity index (χ2v) is 10.9. The third-order valence-corrected chi connectivity index (χ3v) is 7.77. The molecule has 2 saturated carbocycles. The number of carbonyl (C=O) groups is 3. The molecule has 3 fully saturated rings. The van der Waals surface area contributed by atoms with E-state index in [1.807, 2.05) is 0 Å². The lowest BCUT2D eigenvalue weighted by molar-refractivity contribution is -0.144. The third kappa shape index (κ3) is 4.88. The second-order valence-electron chi connectivity index (χ2n) is 8.66. The van der Waals surface area contributed by atoms with E-state index in [1.165, 1.54) is 4.90 Å². The first-order chi connectivity index (χ1) is 12.8. The number of carboxylic acids is 2. The van der Waals surface area contributed by atoms with Gasteiger partial charge in [0.1, 0.15) is 17.7 Å². The smallest absolute Gasteiger partial charge is 0.411 e. The van der Waals surface area contributed by atoms with Crippen LogP contribution in [0.4, 0.5) is 4.79 Å². The van der Waals surface area contributed by atoms with Crippen LogP contribution in [0.2, 0.25) is 0 Å². The van der Waals surface area contributed by atoms with Crippen LogP contribution in [0.15, 0.2) is 0 Å². The Kier molecular flexibility index (Phi) is 6.87. The van der Waals surface area contributed by atoms with Crippen LogP contribution < -0.4 is 5.73 Å². The zero-order valence-corrected chi connectivity index (χ0v) is 18.2. The maximum absolute atomic E-state index is 12.0. The fourth-order valence-corrected chi connectivity index (χ4v) is 5.54. The molecule has 1 amide bonds. The molecule has 2 atom stereocenters. The van der Waals surface area contributed by atoms with E-state index in [-0.39, 0.29) is 4.75 Å². The minimum Gasteiger partial charge on any atom is -0.480 e. The van der Waals surface area contributed by atoms with Crippen LogP contribution in [0.1, 0.15) is 59.3 Å². The lowest BCUT2D eigenvalue weighted by Crippen LogP contribution is -2.54. The van der Waals surface area contributed by atoms with E-state index in [2.05, 4.69) is 12.6 Å². The molecule has 2 aliphatic carbocycles. The van der Waals surface area contributed by atoms with Gasteiger partial charge in [0, 0.05) is 9.49 Å². The summed E-state index contributed by atoms with van der Waals surface area (Å²) in [5.41, 5.74) is 4.78. The molecule has 0 aromatic rings. The summed E-state index contributed by atoms with van der Waals surface area (Å²) in [5, 5.41) is 17.9. The van der Waals surface area contributed by atoms with Crippen LogP contribution in [0.5, 0.6) is 0 Å². The molecule has 0 unspecified atom stereocenters. The highest BCUT2D eigenvalue weighted by molar-refractivity contribution is 8.01. The molecular weight excluding hydrogens is 404 g/mol. The van der Waals surface area contributed by atoms with Gasteiger partial charge in [-0.05, 0) is 46.5 Å². The Hall–Kier alpha value is -1.13. The van der Waals surface area contributed by atoms with Gasteiger partial charge in [0.2, 0.25) is 0 Å². The number of carboxylic acid groups (broad SMARTS) is 2. The Morgan fingerprint density at radius 1 is 1.18 bits per heavy atom. The van der Waals surface area contributed by atoms with Crippen molar-refractivity contribution in [3.8, 4) is 0 Å². The molecule has 8 nitrogen and oxygen atoms in total. The number of thioether (sulfide) groups is 1. The van der Waals surface area contributed by atoms with Crippen molar-refractivity contribution in [3.63, 3.8) is 0 Å². The third-order valence-electron chi connectivity index (χ3n) is 5.43. The lowest BCUT2D eigenvalue weighted by atomic mass is 9.78.